The zero-order chi connectivity index (χ0) is 40.0. The van der Waals surface area contributed by atoms with Gasteiger partial charge in [-0.15, -0.1) is 23.1 Å². The quantitative estimate of drug-likeness (QED) is 0.0592. The fraction of sp³-hybridized carbons (Fsp3) is 0.262. The van der Waals surface area contributed by atoms with Crippen molar-refractivity contribution in [3.8, 4) is 0 Å². The van der Waals surface area contributed by atoms with E-state index in [-0.39, 0.29) is 24.8 Å². The first-order chi connectivity index (χ1) is 26.8. The summed E-state index contributed by atoms with van der Waals surface area (Å²) in [6.45, 7) is 9.65. The lowest BCUT2D eigenvalue weighted by Crippen LogP contribution is -2.39. The molecule has 0 spiro atoms. The number of thiophene rings is 1. The molecule has 14 heteroatoms. The Morgan fingerprint density at radius 1 is 0.982 bits per heavy atom. The lowest BCUT2D eigenvalue weighted by atomic mass is 10.0. The normalized spacial score (nSPS) is 13.4. The van der Waals surface area contributed by atoms with E-state index in [0.717, 1.165) is 26.9 Å². The van der Waals surface area contributed by atoms with Gasteiger partial charge in [-0.1, -0.05) is 42.5 Å². The van der Waals surface area contributed by atoms with Crippen molar-refractivity contribution in [1.82, 2.24) is 15.2 Å². The van der Waals surface area contributed by atoms with Crippen LogP contribution in [0.25, 0.3) is 17.0 Å². The number of rotatable bonds is 11. The van der Waals surface area contributed by atoms with Crippen LogP contribution in [0.5, 0.6) is 0 Å². The van der Waals surface area contributed by atoms with E-state index in [1.165, 1.54) is 23.1 Å². The summed E-state index contributed by atoms with van der Waals surface area (Å²) in [5.74, 6) is -1.85. The number of benzene rings is 3. The van der Waals surface area contributed by atoms with E-state index in [1.54, 1.807) is 100 Å². The molecule has 0 bridgehead atoms. The van der Waals surface area contributed by atoms with E-state index >= 15 is 0 Å². The van der Waals surface area contributed by atoms with Crippen LogP contribution in [0.15, 0.2) is 95.7 Å². The summed E-state index contributed by atoms with van der Waals surface area (Å²) in [5.41, 5.74) is 2.91. The van der Waals surface area contributed by atoms with Gasteiger partial charge in [0.15, 0.2) is 0 Å². The molecule has 3 heterocycles. The summed E-state index contributed by atoms with van der Waals surface area (Å²) >= 11 is 2.52. The van der Waals surface area contributed by atoms with Crippen molar-refractivity contribution in [3.05, 3.63) is 118 Å². The first kappa shape index (κ1) is 39.8. The molecular weight excluding hydrogens is 751 g/mol. The maximum absolute atomic E-state index is 13.8. The molecular formula is C42H43N5O7S2. The lowest BCUT2D eigenvalue weighted by Gasteiger charge is -2.30. The van der Waals surface area contributed by atoms with Gasteiger partial charge in [-0.2, -0.15) is 0 Å². The standard InChI is InChI=1S/C42H43N5O7S2/c1-6-53-40(51)35-31-19-20-47(41(52)54-42(3,4)5)24-34(31)56-39(35)46-36(48)25(2)55-29-16-12-15-28(22-29)44-38(50)33(45-37(49)26-13-8-7-9-14-26)21-27-23-43-32-18-11-10-17-30(27)32/h7-18,21-23,25,43H,6,19-20,24H2,1-5H3,(H,44,50)(H,45,49)(H,46,48)/b33-21-. The largest absolute Gasteiger partial charge is 0.462 e. The monoisotopic (exact) mass is 793 g/mol. The Kier molecular flexibility index (Phi) is 12.3. The van der Waals surface area contributed by atoms with Crippen LogP contribution in [0.1, 0.15) is 71.3 Å². The molecule has 4 amide bonds. The van der Waals surface area contributed by atoms with Gasteiger partial charge in [-0.3, -0.25) is 14.4 Å². The Morgan fingerprint density at radius 3 is 2.48 bits per heavy atom. The molecule has 3 aromatic carbocycles. The Morgan fingerprint density at radius 2 is 1.73 bits per heavy atom. The van der Waals surface area contributed by atoms with Crippen LogP contribution in [0.4, 0.5) is 15.5 Å². The minimum absolute atomic E-state index is 0.0414. The van der Waals surface area contributed by atoms with Crippen LogP contribution < -0.4 is 16.0 Å². The molecule has 6 rings (SSSR count). The predicted octanol–water partition coefficient (Wildman–Crippen LogP) is 8.23. The number of thioether (sulfide) groups is 1. The number of aromatic nitrogens is 1. The van der Waals surface area contributed by atoms with E-state index in [4.69, 9.17) is 9.47 Å². The molecule has 1 aliphatic rings. The van der Waals surface area contributed by atoms with Crippen LogP contribution in [0.2, 0.25) is 0 Å². The number of esters is 1. The molecule has 0 aliphatic carbocycles. The molecule has 4 N–H and O–H groups in total. The van der Waals surface area contributed by atoms with Crippen LogP contribution in [-0.2, 0) is 32.0 Å². The van der Waals surface area contributed by atoms with Crippen molar-refractivity contribution < 1.29 is 33.4 Å². The van der Waals surface area contributed by atoms with Crippen molar-refractivity contribution >= 4 is 80.6 Å². The number of carbonyl (C=O) groups is 5. The Labute approximate surface area is 333 Å². The number of hydrogen-bond donors (Lipinski definition) is 4. The van der Waals surface area contributed by atoms with E-state index < -0.39 is 34.7 Å². The van der Waals surface area contributed by atoms with Gasteiger partial charge in [0, 0.05) is 50.2 Å². The average Bonchev–Trinajstić information content (AvgIpc) is 3.74. The summed E-state index contributed by atoms with van der Waals surface area (Å²) in [7, 11) is 0. The summed E-state index contributed by atoms with van der Waals surface area (Å²) in [6.07, 6.45) is 3.37. The predicted molar refractivity (Wildman–Crippen MR) is 220 cm³/mol. The number of amides is 4. The number of nitrogens with one attached hydrogen (secondary N) is 4. The van der Waals surface area contributed by atoms with E-state index in [0.29, 0.717) is 39.7 Å². The molecule has 1 atom stereocenters. The van der Waals surface area contributed by atoms with Crippen molar-refractivity contribution in [2.24, 2.45) is 0 Å². The van der Waals surface area contributed by atoms with Gasteiger partial charge in [0.05, 0.1) is 24.0 Å². The third-order valence-electron chi connectivity index (χ3n) is 8.65. The van der Waals surface area contributed by atoms with Crippen LogP contribution in [0, 0.1) is 0 Å². The smallest absolute Gasteiger partial charge is 0.410 e. The third-order valence-corrected chi connectivity index (χ3v) is 10.9. The zero-order valence-electron chi connectivity index (χ0n) is 31.7. The number of hydrogen-bond acceptors (Lipinski definition) is 9. The van der Waals surface area contributed by atoms with Gasteiger partial charge < -0.3 is 35.3 Å². The Bertz CT molecular complexity index is 2310. The maximum atomic E-state index is 13.8. The SMILES string of the molecule is CCOC(=O)c1c(NC(=O)C(C)Sc2cccc(NC(=O)/C(=C/c3c[nH]c4ccccc34)NC(=O)c3ccccc3)c2)sc2c1CCN(C(=O)OC(C)(C)C)C2. The highest BCUT2D eigenvalue weighted by atomic mass is 32.2. The molecule has 5 aromatic rings. The van der Waals surface area contributed by atoms with Crippen molar-refractivity contribution in [1.29, 1.82) is 0 Å². The lowest BCUT2D eigenvalue weighted by molar-refractivity contribution is -0.115. The Hall–Kier alpha value is -5.86. The second kappa shape index (κ2) is 17.3. The van der Waals surface area contributed by atoms with Gasteiger partial charge in [0.2, 0.25) is 5.91 Å². The molecule has 0 saturated carbocycles. The van der Waals surface area contributed by atoms with Crippen LogP contribution in [-0.4, -0.2) is 63.7 Å². The molecule has 0 fully saturated rings. The van der Waals surface area contributed by atoms with E-state index in [1.807, 2.05) is 30.3 Å². The molecule has 56 heavy (non-hydrogen) atoms. The number of para-hydroxylation sites is 1. The average molecular weight is 794 g/mol. The Balaban J connectivity index is 1.17. The highest BCUT2D eigenvalue weighted by Gasteiger charge is 2.33. The molecule has 12 nitrogen and oxygen atoms in total. The minimum Gasteiger partial charge on any atom is -0.462 e. The molecule has 0 radical (unpaired) electrons. The number of fused-ring (bicyclic) bond motifs is 2. The van der Waals surface area contributed by atoms with Crippen molar-refractivity contribution in [3.63, 3.8) is 0 Å². The second-order valence-corrected chi connectivity index (χ2v) is 16.5. The summed E-state index contributed by atoms with van der Waals surface area (Å²) in [4.78, 5) is 72.8. The highest BCUT2D eigenvalue weighted by Crippen LogP contribution is 2.39. The topological polar surface area (TPSA) is 159 Å². The van der Waals surface area contributed by atoms with Crippen molar-refractivity contribution in [2.45, 2.75) is 63.3 Å². The fourth-order valence-corrected chi connectivity index (χ4v) is 8.20. The molecule has 1 aliphatic heterocycles. The fourth-order valence-electron chi connectivity index (χ4n) is 6.02. The summed E-state index contributed by atoms with van der Waals surface area (Å²) < 4.78 is 10.9. The number of aromatic amines is 1. The first-order valence-electron chi connectivity index (χ1n) is 18.1. The zero-order valence-corrected chi connectivity index (χ0v) is 33.3. The van der Waals surface area contributed by atoms with Gasteiger partial charge in [0.1, 0.15) is 16.3 Å². The molecule has 2 aromatic heterocycles. The van der Waals surface area contributed by atoms with E-state index in [2.05, 4.69) is 20.9 Å². The number of nitrogens with zero attached hydrogens (tertiary/aromatic N) is 1. The van der Waals surface area contributed by atoms with Gasteiger partial charge in [-0.05, 0) is 89.1 Å². The first-order valence-corrected chi connectivity index (χ1v) is 19.8. The number of anilines is 2. The number of H-pyrrole nitrogens is 1. The number of carbonyl (C=O) groups excluding carboxylic acids is 5. The maximum Gasteiger partial charge on any atom is 0.410 e. The van der Waals surface area contributed by atoms with E-state index in [9.17, 15) is 24.0 Å². The van der Waals surface area contributed by atoms with Gasteiger partial charge >= 0.3 is 12.1 Å². The molecule has 290 valence electrons. The van der Waals surface area contributed by atoms with Crippen LogP contribution in [0.3, 0.4) is 0 Å². The van der Waals surface area contributed by atoms with Crippen LogP contribution >= 0.6 is 23.1 Å². The van der Waals surface area contributed by atoms with Crippen molar-refractivity contribution in [2.75, 3.05) is 23.8 Å². The second-order valence-electron chi connectivity index (χ2n) is 14.0. The molecule has 0 saturated heterocycles. The van der Waals surface area contributed by atoms with Gasteiger partial charge in [0.25, 0.3) is 11.8 Å². The number of ether oxygens (including phenoxy) is 2. The molecule has 1 unspecified atom stereocenters. The summed E-state index contributed by atoms with van der Waals surface area (Å²) in [6, 6.07) is 23.3. The summed E-state index contributed by atoms with van der Waals surface area (Å²) in [5, 5.41) is 9.25. The third kappa shape index (κ3) is 9.68. The highest BCUT2D eigenvalue weighted by molar-refractivity contribution is 8.00. The van der Waals surface area contributed by atoms with Gasteiger partial charge in [-0.25, -0.2) is 9.59 Å². The minimum atomic E-state index is -0.653.